The van der Waals surface area contributed by atoms with Gasteiger partial charge in [0, 0.05) is 19.0 Å². The highest BCUT2D eigenvalue weighted by atomic mass is 16.6. The summed E-state index contributed by atoms with van der Waals surface area (Å²) in [5, 5.41) is 11.1. The first kappa shape index (κ1) is 22.6. The number of carbonyl (C=O) groups is 4. The Labute approximate surface area is 182 Å². The van der Waals surface area contributed by atoms with Gasteiger partial charge in [-0.05, 0) is 43.2 Å². The molecule has 1 heterocycles. The number of ether oxygens (including phenoxy) is 2. The second-order valence-corrected chi connectivity index (χ2v) is 7.02. The van der Waals surface area contributed by atoms with E-state index in [1.165, 1.54) is 49.6 Å². The molecule has 3 rings (SSSR count). The van der Waals surface area contributed by atoms with E-state index in [0.29, 0.717) is 30.6 Å². The van der Waals surface area contributed by atoms with Crippen LogP contribution in [0, 0.1) is 10.1 Å². The van der Waals surface area contributed by atoms with Gasteiger partial charge in [0.25, 0.3) is 17.5 Å². The van der Waals surface area contributed by atoms with Gasteiger partial charge in [0.15, 0.2) is 0 Å². The number of fused-ring (bicyclic) bond motifs is 1. The molecule has 0 spiro atoms. The highest BCUT2D eigenvalue weighted by Crippen LogP contribution is 2.30. The molecule has 32 heavy (non-hydrogen) atoms. The lowest BCUT2D eigenvalue weighted by atomic mass is 10.1. The van der Waals surface area contributed by atoms with Gasteiger partial charge in [-0.15, -0.1) is 0 Å². The Kier molecular flexibility index (Phi) is 6.93. The molecule has 0 fully saturated rings. The molecule has 0 radical (unpaired) electrons. The maximum Gasteiger partial charge on any atom is 0.337 e. The highest BCUT2D eigenvalue weighted by molar-refractivity contribution is 6.23. The zero-order chi connectivity index (χ0) is 23.3. The van der Waals surface area contributed by atoms with Crippen molar-refractivity contribution in [2.24, 2.45) is 0 Å². The van der Waals surface area contributed by atoms with Gasteiger partial charge in [0.05, 0.1) is 23.2 Å². The van der Waals surface area contributed by atoms with Crippen molar-refractivity contribution in [2.45, 2.75) is 25.7 Å². The van der Waals surface area contributed by atoms with E-state index in [4.69, 9.17) is 4.74 Å². The van der Waals surface area contributed by atoms with Gasteiger partial charge >= 0.3 is 11.9 Å². The Morgan fingerprint density at radius 1 is 1.00 bits per heavy atom. The van der Waals surface area contributed by atoms with Crippen LogP contribution in [0.5, 0.6) is 5.75 Å². The number of unbranched alkanes of at least 4 members (excludes halogenated alkanes) is 2. The molecule has 2 amide bonds. The number of rotatable bonds is 9. The summed E-state index contributed by atoms with van der Waals surface area (Å²) in [6.45, 7) is 0.105. The van der Waals surface area contributed by atoms with E-state index in [1.54, 1.807) is 0 Å². The largest absolute Gasteiger partial charge is 0.465 e. The quantitative estimate of drug-likeness (QED) is 0.145. The maximum absolute atomic E-state index is 12.5. The number of hydrogen-bond acceptors (Lipinski definition) is 8. The second kappa shape index (κ2) is 9.82. The average molecular weight is 440 g/mol. The van der Waals surface area contributed by atoms with Crippen molar-refractivity contribution in [3.63, 3.8) is 0 Å². The van der Waals surface area contributed by atoms with Crippen LogP contribution in [0.15, 0.2) is 42.5 Å². The fraction of sp³-hybridized carbons (Fsp3) is 0.273. The third kappa shape index (κ3) is 4.80. The van der Waals surface area contributed by atoms with E-state index in [1.807, 2.05) is 0 Å². The summed E-state index contributed by atoms with van der Waals surface area (Å²) in [6, 6.07) is 9.93. The lowest BCUT2D eigenvalue weighted by Crippen LogP contribution is -2.30. The standard InChI is InChI=1S/C22H20N2O8/c1-31-22(28)14-9-11-15(12-10-14)32-18(25)8-3-2-4-13-23-20(26)16-6-5-7-17(24(29)30)19(16)21(23)27/h5-7,9-12H,2-4,8,13H2,1H3. The zero-order valence-electron chi connectivity index (χ0n) is 17.2. The molecule has 0 aliphatic carbocycles. The first-order valence-electron chi connectivity index (χ1n) is 9.86. The second-order valence-electron chi connectivity index (χ2n) is 7.02. The van der Waals surface area contributed by atoms with Gasteiger partial charge in [0.1, 0.15) is 11.3 Å². The van der Waals surface area contributed by atoms with Gasteiger partial charge in [0.2, 0.25) is 0 Å². The predicted octanol–water partition coefficient (Wildman–Crippen LogP) is 3.14. The number of amides is 2. The lowest BCUT2D eigenvalue weighted by Gasteiger charge is -2.13. The number of imide groups is 1. The molecule has 0 saturated carbocycles. The molecule has 1 aliphatic rings. The van der Waals surface area contributed by atoms with E-state index < -0.39 is 28.7 Å². The van der Waals surface area contributed by atoms with Gasteiger partial charge in [-0.1, -0.05) is 12.5 Å². The molecule has 1 aliphatic heterocycles. The van der Waals surface area contributed by atoms with Crippen molar-refractivity contribution in [3.05, 3.63) is 69.3 Å². The third-order valence-corrected chi connectivity index (χ3v) is 4.94. The molecule has 10 nitrogen and oxygen atoms in total. The molecule has 10 heteroatoms. The Bertz CT molecular complexity index is 1080. The molecule has 0 N–H and O–H groups in total. The summed E-state index contributed by atoms with van der Waals surface area (Å²) in [6.07, 6.45) is 1.60. The van der Waals surface area contributed by atoms with Crippen LogP contribution >= 0.6 is 0 Å². The normalized spacial score (nSPS) is 12.5. The van der Waals surface area contributed by atoms with Gasteiger partial charge in [-0.25, -0.2) is 4.79 Å². The number of carbonyl (C=O) groups excluding carboxylic acids is 4. The number of methoxy groups -OCH3 is 1. The van der Waals surface area contributed by atoms with Crippen molar-refractivity contribution in [1.82, 2.24) is 4.90 Å². The molecule has 0 unspecified atom stereocenters. The van der Waals surface area contributed by atoms with Crippen LogP contribution in [-0.2, 0) is 9.53 Å². The molecule has 2 aromatic carbocycles. The van der Waals surface area contributed by atoms with Crippen LogP contribution in [0.2, 0.25) is 0 Å². The van der Waals surface area contributed by atoms with E-state index in [-0.39, 0.29) is 29.8 Å². The van der Waals surface area contributed by atoms with E-state index >= 15 is 0 Å². The molecule has 0 aromatic heterocycles. The third-order valence-electron chi connectivity index (χ3n) is 4.94. The van der Waals surface area contributed by atoms with Crippen molar-refractivity contribution in [3.8, 4) is 5.75 Å². The van der Waals surface area contributed by atoms with Crippen LogP contribution in [0.4, 0.5) is 5.69 Å². The summed E-state index contributed by atoms with van der Waals surface area (Å²) >= 11 is 0. The van der Waals surface area contributed by atoms with E-state index in [2.05, 4.69) is 4.74 Å². The van der Waals surface area contributed by atoms with Crippen LogP contribution in [0.1, 0.15) is 56.8 Å². The summed E-state index contributed by atoms with van der Waals surface area (Å²) in [5.41, 5.74) is -0.188. The Hall–Kier alpha value is -4.08. The molecule has 2 aromatic rings. The lowest BCUT2D eigenvalue weighted by molar-refractivity contribution is -0.385. The number of benzene rings is 2. The molecule has 166 valence electrons. The highest BCUT2D eigenvalue weighted by Gasteiger charge is 2.40. The van der Waals surface area contributed by atoms with Crippen LogP contribution in [0.25, 0.3) is 0 Å². The Morgan fingerprint density at radius 2 is 1.72 bits per heavy atom. The number of nitro benzene ring substituents is 1. The minimum Gasteiger partial charge on any atom is -0.465 e. The van der Waals surface area contributed by atoms with Crippen LogP contribution in [-0.4, -0.2) is 47.2 Å². The van der Waals surface area contributed by atoms with Crippen molar-refractivity contribution in [2.75, 3.05) is 13.7 Å². The fourth-order valence-electron chi connectivity index (χ4n) is 3.35. The van der Waals surface area contributed by atoms with Gasteiger partial charge < -0.3 is 9.47 Å². The van der Waals surface area contributed by atoms with Gasteiger partial charge in [-0.3, -0.25) is 29.4 Å². The van der Waals surface area contributed by atoms with Crippen LogP contribution in [0.3, 0.4) is 0 Å². The van der Waals surface area contributed by atoms with E-state index in [0.717, 1.165) is 4.90 Å². The molecule has 0 saturated heterocycles. The number of hydrogen-bond donors (Lipinski definition) is 0. The first-order chi connectivity index (χ1) is 15.3. The summed E-state index contributed by atoms with van der Waals surface area (Å²) in [5.74, 6) is -1.87. The Morgan fingerprint density at radius 3 is 2.38 bits per heavy atom. The average Bonchev–Trinajstić information content (AvgIpc) is 3.03. The van der Waals surface area contributed by atoms with Gasteiger partial charge in [-0.2, -0.15) is 0 Å². The fourth-order valence-corrected chi connectivity index (χ4v) is 3.35. The van der Waals surface area contributed by atoms with Crippen molar-refractivity contribution in [1.29, 1.82) is 0 Å². The summed E-state index contributed by atoms with van der Waals surface area (Å²) < 4.78 is 9.80. The van der Waals surface area contributed by atoms with Crippen LogP contribution < -0.4 is 4.74 Å². The van der Waals surface area contributed by atoms with Crippen molar-refractivity contribution < 1.29 is 33.6 Å². The van der Waals surface area contributed by atoms with E-state index in [9.17, 15) is 29.3 Å². The molecule has 0 atom stereocenters. The number of nitro groups is 1. The smallest absolute Gasteiger partial charge is 0.337 e. The maximum atomic E-state index is 12.5. The minimum absolute atomic E-state index is 0.0333. The number of nitrogens with zero attached hydrogens (tertiary/aromatic N) is 2. The monoisotopic (exact) mass is 440 g/mol. The minimum atomic E-state index is -0.678. The van der Waals surface area contributed by atoms with Crippen molar-refractivity contribution >= 4 is 29.4 Å². The predicted molar refractivity (Wildman–Crippen MR) is 110 cm³/mol. The molecular weight excluding hydrogens is 420 g/mol. The Balaban J connectivity index is 1.44. The topological polar surface area (TPSA) is 133 Å². The summed E-state index contributed by atoms with van der Waals surface area (Å²) in [4.78, 5) is 59.7. The zero-order valence-corrected chi connectivity index (χ0v) is 17.2. The number of esters is 2. The molecular formula is C22H20N2O8. The SMILES string of the molecule is COC(=O)c1ccc(OC(=O)CCCCCN2C(=O)c3cccc([N+](=O)[O-])c3C2=O)cc1. The molecule has 0 bridgehead atoms. The first-order valence-corrected chi connectivity index (χ1v) is 9.86. The summed E-state index contributed by atoms with van der Waals surface area (Å²) in [7, 11) is 1.27.